The van der Waals surface area contributed by atoms with Gasteiger partial charge in [-0.3, -0.25) is 4.98 Å². The maximum Gasteiger partial charge on any atom is 0.321 e. The van der Waals surface area contributed by atoms with E-state index in [2.05, 4.69) is 10.3 Å². The van der Waals surface area contributed by atoms with Crippen LogP contribution in [0.2, 0.25) is 5.02 Å². The number of urea groups is 1. The third-order valence-corrected chi connectivity index (χ3v) is 2.84. The van der Waals surface area contributed by atoms with Crippen molar-refractivity contribution < 1.29 is 4.79 Å². The molecule has 98 valence electrons. The number of carbonyl (C=O) groups excluding carboxylic acids is 1. The monoisotopic (exact) mass is 275 g/mol. The van der Waals surface area contributed by atoms with Crippen molar-refractivity contribution in [1.82, 2.24) is 9.88 Å². The normalized spacial score (nSPS) is 10.0. The first-order valence-corrected chi connectivity index (χ1v) is 6.19. The zero-order chi connectivity index (χ0) is 13.7. The minimum absolute atomic E-state index is 0.178. The molecule has 0 bridgehead atoms. The highest BCUT2D eigenvalue weighted by Gasteiger charge is 2.09. The van der Waals surface area contributed by atoms with Crippen molar-refractivity contribution in [3.8, 4) is 0 Å². The predicted octanol–water partition coefficient (Wildman–Crippen LogP) is 3.40. The Balaban J connectivity index is 1.94. The van der Waals surface area contributed by atoms with Crippen LogP contribution in [0.15, 0.2) is 48.8 Å². The molecule has 1 aromatic heterocycles. The fourth-order valence-electron chi connectivity index (χ4n) is 1.59. The summed E-state index contributed by atoms with van der Waals surface area (Å²) in [6.45, 7) is 0.517. The lowest BCUT2D eigenvalue weighted by Gasteiger charge is -2.18. The van der Waals surface area contributed by atoms with Gasteiger partial charge < -0.3 is 10.2 Å². The number of rotatable bonds is 3. The summed E-state index contributed by atoms with van der Waals surface area (Å²) < 4.78 is 0. The Labute approximate surface area is 117 Å². The molecule has 0 aliphatic rings. The highest BCUT2D eigenvalue weighted by Crippen LogP contribution is 2.11. The van der Waals surface area contributed by atoms with Crippen LogP contribution in [0.1, 0.15) is 5.56 Å². The Morgan fingerprint density at radius 1 is 1.32 bits per heavy atom. The summed E-state index contributed by atoms with van der Waals surface area (Å²) in [4.78, 5) is 17.5. The summed E-state index contributed by atoms with van der Waals surface area (Å²) in [5, 5.41) is 3.46. The van der Waals surface area contributed by atoms with E-state index in [0.717, 1.165) is 5.56 Å². The van der Waals surface area contributed by atoms with Crippen LogP contribution in [0.4, 0.5) is 10.5 Å². The minimum Gasteiger partial charge on any atom is -0.323 e. The molecule has 0 aliphatic heterocycles. The molecular formula is C14H14ClN3O. The molecule has 2 amide bonds. The molecule has 1 N–H and O–H groups in total. The molecule has 2 rings (SSSR count). The molecule has 4 nitrogen and oxygen atoms in total. The standard InChI is InChI=1S/C14H14ClN3O/c1-18(10-11-4-6-12(15)7-5-11)14(19)17-13-3-2-8-16-9-13/h2-9H,10H2,1H3,(H,17,19). The second-order valence-electron chi connectivity index (χ2n) is 4.15. The number of halogens is 1. The average Bonchev–Trinajstić information content (AvgIpc) is 2.42. The molecule has 0 aliphatic carbocycles. The van der Waals surface area contributed by atoms with Crippen molar-refractivity contribution in [2.24, 2.45) is 0 Å². The molecule has 0 fully saturated rings. The molecule has 0 atom stereocenters. The quantitative estimate of drug-likeness (QED) is 0.933. The van der Waals surface area contributed by atoms with Crippen molar-refractivity contribution in [2.75, 3.05) is 12.4 Å². The maximum atomic E-state index is 11.9. The van der Waals surface area contributed by atoms with E-state index in [1.54, 1.807) is 36.5 Å². The number of anilines is 1. The second-order valence-corrected chi connectivity index (χ2v) is 4.59. The third kappa shape index (κ3) is 3.96. The van der Waals surface area contributed by atoms with Crippen LogP contribution < -0.4 is 5.32 Å². The Hall–Kier alpha value is -2.07. The topological polar surface area (TPSA) is 45.2 Å². The Morgan fingerprint density at radius 2 is 2.05 bits per heavy atom. The number of nitrogens with zero attached hydrogens (tertiary/aromatic N) is 2. The molecule has 0 spiro atoms. The summed E-state index contributed by atoms with van der Waals surface area (Å²) in [6.07, 6.45) is 3.26. The first-order chi connectivity index (χ1) is 9.15. The van der Waals surface area contributed by atoms with Gasteiger partial charge in [0, 0.05) is 24.8 Å². The smallest absolute Gasteiger partial charge is 0.321 e. The van der Waals surface area contributed by atoms with Gasteiger partial charge in [0.05, 0.1) is 11.9 Å². The number of nitrogens with one attached hydrogen (secondary N) is 1. The summed E-state index contributed by atoms with van der Waals surface area (Å²) >= 11 is 5.82. The van der Waals surface area contributed by atoms with E-state index in [4.69, 9.17) is 11.6 Å². The molecule has 1 heterocycles. The van der Waals surface area contributed by atoms with Crippen molar-refractivity contribution >= 4 is 23.3 Å². The molecule has 0 saturated carbocycles. The Bertz CT molecular complexity index is 542. The fourth-order valence-corrected chi connectivity index (χ4v) is 1.72. The van der Waals surface area contributed by atoms with Crippen LogP contribution in [0, 0.1) is 0 Å². The highest BCUT2D eigenvalue weighted by molar-refractivity contribution is 6.30. The highest BCUT2D eigenvalue weighted by atomic mass is 35.5. The number of pyridine rings is 1. The van der Waals surface area contributed by atoms with Crippen LogP contribution in [-0.4, -0.2) is 23.0 Å². The fraction of sp³-hybridized carbons (Fsp3) is 0.143. The number of benzene rings is 1. The van der Waals surface area contributed by atoms with E-state index in [1.165, 1.54) is 0 Å². The van der Waals surface area contributed by atoms with Gasteiger partial charge in [0.1, 0.15) is 0 Å². The largest absolute Gasteiger partial charge is 0.323 e. The summed E-state index contributed by atoms with van der Waals surface area (Å²) in [6, 6.07) is 10.8. The van der Waals surface area contributed by atoms with Gasteiger partial charge in [-0.05, 0) is 29.8 Å². The van der Waals surface area contributed by atoms with Crippen molar-refractivity contribution in [1.29, 1.82) is 0 Å². The Morgan fingerprint density at radius 3 is 2.68 bits per heavy atom. The zero-order valence-electron chi connectivity index (χ0n) is 10.5. The van der Waals surface area contributed by atoms with Gasteiger partial charge >= 0.3 is 6.03 Å². The number of hydrogen-bond donors (Lipinski definition) is 1. The second kappa shape index (κ2) is 6.20. The van der Waals surface area contributed by atoms with Crippen LogP contribution in [0.25, 0.3) is 0 Å². The van der Waals surface area contributed by atoms with E-state index in [-0.39, 0.29) is 6.03 Å². The summed E-state index contributed by atoms with van der Waals surface area (Å²) in [7, 11) is 1.74. The van der Waals surface area contributed by atoms with E-state index in [9.17, 15) is 4.79 Å². The molecule has 0 radical (unpaired) electrons. The SMILES string of the molecule is CN(Cc1ccc(Cl)cc1)C(=O)Nc1cccnc1. The van der Waals surface area contributed by atoms with Gasteiger partial charge in [-0.2, -0.15) is 0 Å². The maximum absolute atomic E-state index is 11.9. The molecule has 1 aromatic carbocycles. The average molecular weight is 276 g/mol. The molecular weight excluding hydrogens is 262 g/mol. The van der Waals surface area contributed by atoms with Crippen LogP contribution in [0.3, 0.4) is 0 Å². The van der Waals surface area contributed by atoms with Gasteiger partial charge in [0.15, 0.2) is 0 Å². The van der Waals surface area contributed by atoms with E-state index in [0.29, 0.717) is 17.3 Å². The van der Waals surface area contributed by atoms with Crippen LogP contribution in [0.5, 0.6) is 0 Å². The number of amides is 2. The summed E-state index contributed by atoms with van der Waals surface area (Å²) in [5.41, 5.74) is 1.70. The molecule has 0 unspecified atom stereocenters. The summed E-state index contributed by atoms with van der Waals surface area (Å²) in [5.74, 6) is 0. The zero-order valence-corrected chi connectivity index (χ0v) is 11.3. The number of aromatic nitrogens is 1. The lowest BCUT2D eigenvalue weighted by atomic mass is 10.2. The minimum atomic E-state index is -0.178. The lowest BCUT2D eigenvalue weighted by molar-refractivity contribution is 0.220. The van der Waals surface area contributed by atoms with Crippen LogP contribution in [-0.2, 0) is 6.54 Å². The van der Waals surface area contributed by atoms with Crippen molar-refractivity contribution in [2.45, 2.75) is 6.54 Å². The van der Waals surface area contributed by atoms with Crippen molar-refractivity contribution in [3.05, 3.63) is 59.4 Å². The van der Waals surface area contributed by atoms with Gasteiger partial charge in [0.2, 0.25) is 0 Å². The van der Waals surface area contributed by atoms with Crippen molar-refractivity contribution in [3.63, 3.8) is 0 Å². The number of hydrogen-bond acceptors (Lipinski definition) is 2. The molecule has 19 heavy (non-hydrogen) atoms. The first kappa shape index (κ1) is 13.4. The lowest BCUT2D eigenvalue weighted by Crippen LogP contribution is -2.30. The van der Waals surface area contributed by atoms with E-state index >= 15 is 0 Å². The third-order valence-electron chi connectivity index (χ3n) is 2.59. The van der Waals surface area contributed by atoms with E-state index < -0.39 is 0 Å². The van der Waals surface area contributed by atoms with Crippen LogP contribution >= 0.6 is 11.6 Å². The molecule has 0 saturated heterocycles. The van der Waals surface area contributed by atoms with Gasteiger partial charge in [-0.25, -0.2) is 4.79 Å². The first-order valence-electron chi connectivity index (χ1n) is 5.82. The predicted molar refractivity (Wildman–Crippen MR) is 76.2 cm³/mol. The Kier molecular flexibility index (Phi) is 4.36. The number of carbonyl (C=O) groups is 1. The molecule has 5 heteroatoms. The van der Waals surface area contributed by atoms with Gasteiger partial charge in [0.25, 0.3) is 0 Å². The van der Waals surface area contributed by atoms with Gasteiger partial charge in [-0.1, -0.05) is 23.7 Å². The molecule has 2 aromatic rings. The van der Waals surface area contributed by atoms with E-state index in [1.807, 2.05) is 24.3 Å². The van der Waals surface area contributed by atoms with Gasteiger partial charge in [-0.15, -0.1) is 0 Å².